The molecule has 0 fully saturated rings. The molecule has 0 spiro atoms. The third kappa shape index (κ3) is 4.71. The molecule has 0 aliphatic heterocycles. The predicted octanol–water partition coefficient (Wildman–Crippen LogP) is 2.44. The van der Waals surface area contributed by atoms with Gasteiger partial charge in [-0.3, -0.25) is 4.79 Å². The number of hydrogen-bond acceptors (Lipinski definition) is 2. The summed E-state index contributed by atoms with van der Waals surface area (Å²) in [5.74, 6) is 5.77. The van der Waals surface area contributed by atoms with E-state index >= 15 is 0 Å². The molecule has 108 valence electrons. The quantitative estimate of drug-likeness (QED) is 0.828. The second-order valence-corrected chi connectivity index (χ2v) is 5.87. The maximum atomic E-state index is 12.1. The fraction of sp³-hybridized carbons (Fsp3) is 0.471. The first-order valence-corrected chi connectivity index (χ1v) is 6.85. The van der Waals surface area contributed by atoms with Gasteiger partial charge in [0.05, 0.1) is 0 Å². The topological polar surface area (TPSA) is 49.3 Å². The minimum Gasteiger partial charge on any atom is -0.384 e. The second kappa shape index (κ2) is 7.12. The summed E-state index contributed by atoms with van der Waals surface area (Å²) >= 11 is 0. The van der Waals surface area contributed by atoms with Gasteiger partial charge in [0.2, 0.25) is 0 Å². The highest BCUT2D eigenvalue weighted by Crippen LogP contribution is 2.24. The van der Waals surface area contributed by atoms with Gasteiger partial charge >= 0.3 is 0 Å². The first kappa shape index (κ1) is 16.3. The average Bonchev–Trinajstić information content (AvgIpc) is 2.42. The molecular formula is C17H23NO2. The van der Waals surface area contributed by atoms with Crippen LogP contribution >= 0.6 is 0 Å². The van der Waals surface area contributed by atoms with Crippen molar-refractivity contribution in [2.75, 3.05) is 13.2 Å². The van der Waals surface area contributed by atoms with Gasteiger partial charge in [-0.25, -0.2) is 0 Å². The molecule has 20 heavy (non-hydrogen) atoms. The van der Waals surface area contributed by atoms with Crippen LogP contribution in [0.3, 0.4) is 0 Å². The maximum Gasteiger partial charge on any atom is 0.251 e. The summed E-state index contributed by atoms with van der Waals surface area (Å²) in [5.41, 5.74) is 1.38. The van der Waals surface area contributed by atoms with E-state index in [-0.39, 0.29) is 17.9 Å². The van der Waals surface area contributed by atoms with Crippen LogP contribution in [0.25, 0.3) is 0 Å². The molecule has 0 aromatic heterocycles. The lowest BCUT2D eigenvalue weighted by atomic mass is 9.81. The number of rotatable bonds is 4. The van der Waals surface area contributed by atoms with Crippen molar-refractivity contribution in [1.82, 2.24) is 5.32 Å². The van der Waals surface area contributed by atoms with E-state index in [1.165, 1.54) is 0 Å². The van der Waals surface area contributed by atoms with Crippen LogP contribution in [0.1, 0.15) is 43.6 Å². The molecule has 0 aliphatic carbocycles. The molecule has 1 aromatic carbocycles. The van der Waals surface area contributed by atoms with Crippen LogP contribution in [-0.2, 0) is 0 Å². The van der Waals surface area contributed by atoms with Crippen molar-refractivity contribution in [2.45, 2.75) is 27.7 Å². The lowest BCUT2D eigenvalue weighted by Crippen LogP contribution is -2.36. The molecule has 3 nitrogen and oxygen atoms in total. The number of nitrogens with one attached hydrogen (secondary N) is 1. The largest absolute Gasteiger partial charge is 0.384 e. The molecule has 1 amide bonds. The van der Waals surface area contributed by atoms with Crippen LogP contribution in [-0.4, -0.2) is 24.2 Å². The van der Waals surface area contributed by atoms with E-state index in [1.54, 1.807) is 18.2 Å². The Morgan fingerprint density at radius 3 is 2.70 bits per heavy atom. The number of aliphatic hydroxyl groups is 1. The van der Waals surface area contributed by atoms with Crippen molar-refractivity contribution in [2.24, 2.45) is 11.3 Å². The molecule has 1 rings (SSSR count). The highest BCUT2D eigenvalue weighted by atomic mass is 16.2. The Kier molecular flexibility index (Phi) is 5.79. The Labute approximate surface area is 121 Å². The monoisotopic (exact) mass is 273 g/mol. The summed E-state index contributed by atoms with van der Waals surface area (Å²) < 4.78 is 0. The van der Waals surface area contributed by atoms with Crippen molar-refractivity contribution in [3.8, 4) is 11.8 Å². The number of benzene rings is 1. The zero-order chi connectivity index (χ0) is 15.2. The van der Waals surface area contributed by atoms with Crippen LogP contribution in [0.2, 0.25) is 0 Å². The van der Waals surface area contributed by atoms with E-state index in [1.807, 2.05) is 6.07 Å². The van der Waals surface area contributed by atoms with Gasteiger partial charge in [-0.05, 0) is 29.5 Å². The van der Waals surface area contributed by atoms with Crippen LogP contribution in [0.15, 0.2) is 24.3 Å². The van der Waals surface area contributed by atoms with E-state index in [9.17, 15) is 4.79 Å². The van der Waals surface area contributed by atoms with Crippen molar-refractivity contribution >= 4 is 5.91 Å². The molecule has 0 heterocycles. The van der Waals surface area contributed by atoms with Crippen LogP contribution in [0, 0.1) is 23.2 Å². The molecule has 2 N–H and O–H groups in total. The average molecular weight is 273 g/mol. The number of aliphatic hydroxyl groups excluding tert-OH is 1. The van der Waals surface area contributed by atoms with Gasteiger partial charge in [0.25, 0.3) is 5.91 Å². The molecule has 0 unspecified atom stereocenters. The van der Waals surface area contributed by atoms with Gasteiger partial charge in [0, 0.05) is 17.7 Å². The van der Waals surface area contributed by atoms with Crippen molar-refractivity contribution in [3.63, 3.8) is 0 Å². The molecule has 1 aromatic rings. The fourth-order valence-electron chi connectivity index (χ4n) is 1.49. The maximum absolute atomic E-state index is 12.1. The molecular weight excluding hydrogens is 250 g/mol. The van der Waals surface area contributed by atoms with E-state index in [0.717, 1.165) is 5.56 Å². The number of amides is 1. The third-order valence-electron chi connectivity index (χ3n) is 3.70. The van der Waals surface area contributed by atoms with Crippen molar-refractivity contribution in [3.05, 3.63) is 35.4 Å². The van der Waals surface area contributed by atoms with Gasteiger partial charge in [-0.1, -0.05) is 45.6 Å². The minimum atomic E-state index is -0.182. The van der Waals surface area contributed by atoms with E-state index in [4.69, 9.17) is 5.11 Å². The van der Waals surface area contributed by atoms with Gasteiger partial charge in [0.1, 0.15) is 6.61 Å². The number of carbonyl (C=O) groups is 1. The molecule has 0 saturated carbocycles. The predicted molar refractivity (Wildman–Crippen MR) is 81.4 cm³/mol. The summed E-state index contributed by atoms with van der Waals surface area (Å²) in [6.07, 6.45) is 0. The van der Waals surface area contributed by atoms with Crippen LogP contribution in [0.4, 0.5) is 0 Å². The lowest BCUT2D eigenvalue weighted by Gasteiger charge is -2.29. The van der Waals surface area contributed by atoms with Gasteiger partial charge in [0.15, 0.2) is 0 Å². The van der Waals surface area contributed by atoms with Crippen molar-refractivity contribution < 1.29 is 9.90 Å². The Morgan fingerprint density at radius 2 is 2.10 bits per heavy atom. The Bertz CT molecular complexity index is 521. The third-order valence-corrected chi connectivity index (χ3v) is 3.70. The van der Waals surface area contributed by atoms with E-state index < -0.39 is 0 Å². The van der Waals surface area contributed by atoms with Crippen molar-refractivity contribution in [1.29, 1.82) is 0 Å². The summed E-state index contributed by atoms with van der Waals surface area (Å²) in [6, 6.07) is 7.11. The highest BCUT2D eigenvalue weighted by molar-refractivity contribution is 5.94. The zero-order valence-electron chi connectivity index (χ0n) is 12.7. The minimum absolute atomic E-state index is 0.0595. The second-order valence-electron chi connectivity index (χ2n) is 5.87. The highest BCUT2D eigenvalue weighted by Gasteiger charge is 2.23. The Hall–Kier alpha value is -1.79. The molecule has 0 radical (unpaired) electrons. The van der Waals surface area contributed by atoms with E-state index in [2.05, 4.69) is 44.9 Å². The lowest BCUT2D eigenvalue weighted by molar-refractivity contribution is 0.0925. The van der Waals surface area contributed by atoms with Gasteiger partial charge in [-0.15, -0.1) is 0 Å². The molecule has 0 saturated heterocycles. The van der Waals surface area contributed by atoms with Gasteiger partial charge < -0.3 is 10.4 Å². The standard InChI is InChI=1S/C17H23NO2/c1-13(2)17(3,4)12-18-16(20)15-9-5-7-14(11-15)8-6-10-19/h5,7,9,11,13,19H,10,12H2,1-4H3,(H,18,20). The van der Waals surface area contributed by atoms with E-state index in [0.29, 0.717) is 18.0 Å². The van der Waals surface area contributed by atoms with Crippen LogP contribution < -0.4 is 5.32 Å². The number of carbonyl (C=O) groups excluding carboxylic acids is 1. The summed E-state index contributed by atoms with van der Waals surface area (Å²) in [7, 11) is 0. The summed E-state index contributed by atoms with van der Waals surface area (Å²) in [4.78, 5) is 12.1. The zero-order valence-corrected chi connectivity index (χ0v) is 12.7. The molecule has 0 bridgehead atoms. The first-order valence-electron chi connectivity index (χ1n) is 6.85. The summed E-state index contributed by atoms with van der Waals surface area (Å²) in [6.45, 7) is 9.03. The smallest absolute Gasteiger partial charge is 0.251 e. The Morgan fingerprint density at radius 1 is 1.40 bits per heavy atom. The first-order chi connectivity index (χ1) is 9.36. The molecule has 0 atom stereocenters. The molecule has 3 heteroatoms. The van der Waals surface area contributed by atoms with Crippen LogP contribution in [0.5, 0.6) is 0 Å². The summed E-state index contributed by atoms with van der Waals surface area (Å²) in [5, 5.41) is 11.6. The number of hydrogen-bond donors (Lipinski definition) is 2. The SMILES string of the molecule is CC(C)C(C)(C)CNC(=O)c1cccc(C#CCO)c1. The normalized spacial score (nSPS) is 10.9. The fourth-order valence-corrected chi connectivity index (χ4v) is 1.49. The molecule has 0 aliphatic rings. The van der Waals surface area contributed by atoms with Gasteiger partial charge in [-0.2, -0.15) is 0 Å². The Balaban J connectivity index is 2.73.